The number of hydrogen-bond donors (Lipinski definition) is 1. The van der Waals surface area contributed by atoms with Gasteiger partial charge in [-0.05, 0) is 54.4 Å². The number of piperazine rings is 1. The second-order valence-electron chi connectivity index (χ2n) is 8.41. The van der Waals surface area contributed by atoms with Gasteiger partial charge in [-0.1, -0.05) is 42.8 Å². The summed E-state index contributed by atoms with van der Waals surface area (Å²) < 4.78 is 5.35. The molecule has 1 aliphatic rings. The summed E-state index contributed by atoms with van der Waals surface area (Å²) in [6.45, 7) is 6.15. The van der Waals surface area contributed by atoms with Crippen molar-refractivity contribution in [2.45, 2.75) is 19.3 Å². The van der Waals surface area contributed by atoms with E-state index < -0.39 is 0 Å². The largest absolute Gasteiger partial charge is 0.497 e. The molecular formula is C27H33N3O2. The number of methoxy groups -OCH3 is 1. The van der Waals surface area contributed by atoms with E-state index >= 15 is 0 Å². The van der Waals surface area contributed by atoms with E-state index in [2.05, 4.69) is 39.4 Å². The smallest absolute Gasteiger partial charge is 0.251 e. The van der Waals surface area contributed by atoms with Crippen LogP contribution >= 0.6 is 0 Å². The number of carbonyl (C=O) groups excluding carboxylic acids is 1. The number of unbranched alkanes of at least 4 members (excludes halogenated alkanes) is 2. The van der Waals surface area contributed by atoms with Crippen LogP contribution in [-0.4, -0.2) is 57.2 Å². The maximum absolute atomic E-state index is 12.4. The number of rotatable bonds is 9. The van der Waals surface area contributed by atoms with Gasteiger partial charge in [0.25, 0.3) is 5.91 Å². The van der Waals surface area contributed by atoms with Gasteiger partial charge in [0.05, 0.1) is 7.11 Å². The first kappa shape index (κ1) is 22.2. The van der Waals surface area contributed by atoms with Gasteiger partial charge in [0, 0.05) is 50.0 Å². The van der Waals surface area contributed by atoms with Crippen LogP contribution < -0.4 is 15.0 Å². The highest BCUT2D eigenvalue weighted by atomic mass is 16.5. The first-order chi connectivity index (χ1) is 15.7. The maximum Gasteiger partial charge on any atom is 0.251 e. The molecule has 1 heterocycles. The summed E-state index contributed by atoms with van der Waals surface area (Å²) in [4.78, 5) is 17.4. The molecule has 0 saturated carbocycles. The van der Waals surface area contributed by atoms with E-state index in [1.54, 1.807) is 7.11 Å². The molecule has 1 amide bonds. The fourth-order valence-electron chi connectivity index (χ4n) is 4.31. The molecule has 0 atom stereocenters. The van der Waals surface area contributed by atoms with Crippen molar-refractivity contribution in [3.05, 3.63) is 72.3 Å². The van der Waals surface area contributed by atoms with E-state index in [1.165, 1.54) is 12.1 Å². The van der Waals surface area contributed by atoms with Gasteiger partial charge in [-0.25, -0.2) is 0 Å². The lowest BCUT2D eigenvalue weighted by molar-refractivity contribution is 0.0953. The Morgan fingerprint density at radius 2 is 1.69 bits per heavy atom. The van der Waals surface area contributed by atoms with Crippen LogP contribution in [0.25, 0.3) is 10.8 Å². The summed E-state index contributed by atoms with van der Waals surface area (Å²) in [5.74, 6) is 0.932. The molecule has 1 fully saturated rings. The molecule has 0 spiro atoms. The third-order valence-corrected chi connectivity index (χ3v) is 6.24. The minimum atomic E-state index is 0.0180. The van der Waals surface area contributed by atoms with Crippen molar-refractivity contribution in [1.29, 1.82) is 0 Å². The van der Waals surface area contributed by atoms with Gasteiger partial charge in [-0.15, -0.1) is 0 Å². The minimum absolute atomic E-state index is 0.0180. The summed E-state index contributed by atoms with van der Waals surface area (Å²) in [5, 5.41) is 5.33. The van der Waals surface area contributed by atoms with Gasteiger partial charge in [0.1, 0.15) is 5.75 Å². The average molecular weight is 432 g/mol. The molecule has 1 aliphatic heterocycles. The maximum atomic E-state index is 12.4. The Balaban J connectivity index is 1.11. The van der Waals surface area contributed by atoms with Crippen molar-refractivity contribution >= 4 is 22.4 Å². The summed E-state index contributed by atoms with van der Waals surface area (Å²) in [6.07, 6.45) is 3.32. The quantitative estimate of drug-likeness (QED) is 0.504. The molecule has 3 aromatic carbocycles. The summed E-state index contributed by atoms with van der Waals surface area (Å²) in [5.41, 5.74) is 1.98. The van der Waals surface area contributed by atoms with Crippen LogP contribution in [0.2, 0.25) is 0 Å². The fourth-order valence-corrected chi connectivity index (χ4v) is 4.31. The second-order valence-corrected chi connectivity index (χ2v) is 8.41. The molecule has 0 aromatic heterocycles. The van der Waals surface area contributed by atoms with Crippen LogP contribution in [0.5, 0.6) is 5.75 Å². The van der Waals surface area contributed by atoms with Gasteiger partial charge < -0.3 is 15.0 Å². The highest BCUT2D eigenvalue weighted by Crippen LogP contribution is 2.22. The summed E-state index contributed by atoms with van der Waals surface area (Å²) >= 11 is 0. The molecule has 1 N–H and O–H groups in total. The Morgan fingerprint density at radius 1 is 0.875 bits per heavy atom. The number of hydrogen-bond acceptors (Lipinski definition) is 4. The third-order valence-electron chi connectivity index (χ3n) is 6.24. The molecule has 1 saturated heterocycles. The number of carbonyl (C=O) groups is 1. The SMILES string of the molecule is COc1cccc(N2CCN(CCCCCNC(=O)c3ccc4ccccc4c3)CC2)c1. The molecule has 0 radical (unpaired) electrons. The van der Waals surface area contributed by atoms with Crippen molar-refractivity contribution in [3.63, 3.8) is 0 Å². The van der Waals surface area contributed by atoms with Crippen LogP contribution in [0.4, 0.5) is 5.69 Å². The molecule has 0 aliphatic carbocycles. The zero-order valence-electron chi connectivity index (χ0n) is 18.9. The van der Waals surface area contributed by atoms with Gasteiger partial charge in [0.15, 0.2) is 0 Å². The Morgan fingerprint density at radius 3 is 2.50 bits per heavy atom. The monoisotopic (exact) mass is 431 g/mol. The van der Waals surface area contributed by atoms with Crippen LogP contribution in [0.3, 0.4) is 0 Å². The normalized spacial score (nSPS) is 14.5. The predicted octanol–water partition coefficient (Wildman–Crippen LogP) is 4.57. The zero-order chi connectivity index (χ0) is 22.2. The van der Waals surface area contributed by atoms with E-state index in [9.17, 15) is 4.79 Å². The van der Waals surface area contributed by atoms with Crippen LogP contribution in [0, 0.1) is 0 Å². The van der Waals surface area contributed by atoms with Crippen LogP contribution in [-0.2, 0) is 0 Å². The average Bonchev–Trinajstić information content (AvgIpc) is 2.86. The topological polar surface area (TPSA) is 44.8 Å². The summed E-state index contributed by atoms with van der Waals surface area (Å²) in [6, 6.07) is 22.3. The van der Waals surface area contributed by atoms with Gasteiger partial charge >= 0.3 is 0 Å². The second kappa shape index (κ2) is 11.0. The number of ether oxygens (including phenoxy) is 1. The number of amides is 1. The zero-order valence-corrected chi connectivity index (χ0v) is 18.9. The van der Waals surface area contributed by atoms with Gasteiger partial charge in [0.2, 0.25) is 0 Å². The molecule has 168 valence electrons. The number of nitrogens with one attached hydrogen (secondary N) is 1. The lowest BCUT2D eigenvalue weighted by Gasteiger charge is -2.36. The fraction of sp³-hybridized carbons (Fsp3) is 0.370. The number of anilines is 1. The van der Waals surface area contributed by atoms with Crippen molar-refractivity contribution < 1.29 is 9.53 Å². The Labute approximate surface area is 191 Å². The molecule has 5 nitrogen and oxygen atoms in total. The lowest BCUT2D eigenvalue weighted by atomic mass is 10.1. The molecule has 0 bridgehead atoms. The number of nitrogens with zero attached hydrogens (tertiary/aromatic N) is 2. The molecule has 0 unspecified atom stereocenters. The highest BCUT2D eigenvalue weighted by molar-refractivity contribution is 5.98. The molecule has 32 heavy (non-hydrogen) atoms. The van der Waals surface area contributed by atoms with E-state index in [1.807, 2.05) is 42.5 Å². The first-order valence-corrected chi connectivity index (χ1v) is 11.6. The summed E-state index contributed by atoms with van der Waals surface area (Å²) in [7, 11) is 1.71. The van der Waals surface area contributed by atoms with Crippen molar-refractivity contribution in [2.75, 3.05) is 51.3 Å². The lowest BCUT2D eigenvalue weighted by Crippen LogP contribution is -2.46. The Kier molecular flexibility index (Phi) is 7.62. The highest BCUT2D eigenvalue weighted by Gasteiger charge is 2.17. The van der Waals surface area contributed by atoms with E-state index in [4.69, 9.17) is 4.74 Å². The van der Waals surface area contributed by atoms with Crippen LogP contribution in [0.15, 0.2) is 66.7 Å². The van der Waals surface area contributed by atoms with E-state index in [0.29, 0.717) is 0 Å². The predicted molar refractivity (Wildman–Crippen MR) is 132 cm³/mol. The molecule has 3 aromatic rings. The van der Waals surface area contributed by atoms with Gasteiger partial charge in [-0.2, -0.15) is 0 Å². The van der Waals surface area contributed by atoms with Gasteiger partial charge in [-0.3, -0.25) is 9.69 Å². The Hall–Kier alpha value is -3.05. The molecule has 4 rings (SSSR count). The third kappa shape index (κ3) is 5.80. The number of benzene rings is 3. The first-order valence-electron chi connectivity index (χ1n) is 11.6. The van der Waals surface area contributed by atoms with Crippen molar-refractivity contribution in [2.24, 2.45) is 0 Å². The Bertz CT molecular complexity index is 1030. The molecule has 5 heteroatoms. The minimum Gasteiger partial charge on any atom is -0.497 e. The van der Waals surface area contributed by atoms with E-state index in [-0.39, 0.29) is 5.91 Å². The van der Waals surface area contributed by atoms with Crippen LogP contribution in [0.1, 0.15) is 29.6 Å². The van der Waals surface area contributed by atoms with E-state index in [0.717, 1.165) is 74.2 Å². The van der Waals surface area contributed by atoms with Crippen molar-refractivity contribution in [3.8, 4) is 5.75 Å². The van der Waals surface area contributed by atoms with Crippen molar-refractivity contribution in [1.82, 2.24) is 10.2 Å². The number of fused-ring (bicyclic) bond motifs is 1. The standard InChI is InChI=1S/C27H33N3O2/c1-32-26-11-7-10-25(21-26)30-18-16-29(17-19-30)15-6-2-5-14-28-27(31)24-13-12-22-8-3-4-9-23(22)20-24/h3-4,7-13,20-21H,2,5-6,14-19H2,1H3,(H,28,31). The molecular weight excluding hydrogens is 398 g/mol.